The Labute approximate surface area is 235 Å². The summed E-state index contributed by atoms with van der Waals surface area (Å²) in [5, 5.41) is 42.4. The van der Waals surface area contributed by atoms with Gasteiger partial charge >= 0.3 is 5.97 Å². The van der Waals surface area contributed by atoms with Crippen LogP contribution in [0.25, 0.3) is 0 Å². The fourth-order valence-corrected chi connectivity index (χ4v) is 5.12. The van der Waals surface area contributed by atoms with Crippen LogP contribution >= 0.6 is 0 Å². The van der Waals surface area contributed by atoms with Gasteiger partial charge in [0.05, 0.1) is 13.2 Å². The number of amides is 2. The number of carbonyl (C=O) groups is 3. The lowest BCUT2D eigenvalue weighted by atomic mass is 9.99. The van der Waals surface area contributed by atoms with E-state index in [0.717, 1.165) is 18.3 Å². The molecule has 7 atom stereocenters. The minimum atomic E-state index is -2.07. The van der Waals surface area contributed by atoms with Crippen LogP contribution in [0.15, 0.2) is 29.2 Å². The van der Waals surface area contributed by atoms with Crippen molar-refractivity contribution in [1.29, 1.82) is 0 Å². The smallest absolute Gasteiger partial charge is 0.335 e. The molecule has 1 aromatic carbocycles. The van der Waals surface area contributed by atoms with Crippen molar-refractivity contribution in [2.24, 2.45) is 0 Å². The van der Waals surface area contributed by atoms with Gasteiger partial charge in [-0.2, -0.15) is 0 Å². The van der Waals surface area contributed by atoms with E-state index in [9.17, 15) is 48.4 Å². The number of nitrogens with zero attached hydrogens (tertiary/aromatic N) is 2. The van der Waals surface area contributed by atoms with Crippen molar-refractivity contribution >= 4 is 17.8 Å². The van der Waals surface area contributed by atoms with Crippen LogP contribution in [0.4, 0.5) is 8.78 Å². The predicted molar refractivity (Wildman–Crippen MR) is 133 cm³/mol. The maximum atomic E-state index is 14.1. The molecular formula is C26H27F2N3O11. The largest absolute Gasteiger partial charge is 0.479 e. The maximum Gasteiger partial charge on any atom is 0.335 e. The average molecular weight is 596 g/mol. The Morgan fingerprint density at radius 1 is 1.14 bits per heavy atom. The Kier molecular flexibility index (Phi) is 8.00. The van der Waals surface area contributed by atoms with E-state index in [1.165, 1.54) is 9.47 Å². The Balaban J connectivity index is 1.55. The first-order valence-corrected chi connectivity index (χ1v) is 12.9. The van der Waals surface area contributed by atoms with Gasteiger partial charge in [0.15, 0.2) is 23.8 Å². The molecule has 14 nitrogen and oxygen atoms in total. The van der Waals surface area contributed by atoms with Gasteiger partial charge in [-0.05, 0) is 19.4 Å². The lowest BCUT2D eigenvalue weighted by molar-refractivity contribution is -0.271. The van der Waals surface area contributed by atoms with Crippen molar-refractivity contribution in [1.82, 2.24) is 14.8 Å². The van der Waals surface area contributed by atoms with Crippen LogP contribution in [0.5, 0.6) is 5.75 Å². The van der Waals surface area contributed by atoms with Crippen LogP contribution in [0.3, 0.4) is 0 Å². The number of carboxylic acids is 1. The molecule has 0 spiro atoms. The number of hydrogen-bond acceptors (Lipinski definition) is 10. The molecule has 0 bridgehead atoms. The highest BCUT2D eigenvalue weighted by molar-refractivity contribution is 5.99. The molecule has 5 N–H and O–H groups in total. The van der Waals surface area contributed by atoms with Crippen molar-refractivity contribution in [2.75, 3.05) is 6.61 Å². The Morgan fingerprint density at radius 2 is 1.88 bits per heavy atom. The maximum absolute atomic E-state index is 14.1. The molecule has 226 valence electrons. The summed E-state index contributed by atoms with van der Waals surface area (Å²) in [6, 6.07) is 2.40. The molecule has 3 aliphatic rings. The normalized spacial score (nSPS) is 29.0. The zero-order chi connectivity index (χ0) is 30.5. The van der Waals surface area contributed by atoms with E-state index in [1.807, 2.05) is 0 Å². The van der Waals surface area contributed by atoms with Gasteiger partial charge in [0.1, 0.15) is 35.5 Å². The predicted octanol–water partition coefficient (Wildman–Crippen LogP) is -1.08. The molecular weight excluding hydrogens is 568 g/mol. The summed E-state index contributed by atoms with van der Waals surface area (Å²) in [6.07, 6.45) is -9.53. The number of hydrogen-bond donors (Lipinski definition) is 5. The first-order chi connectivity index (χ1) is 19.9. The standard InChI is InChI=1S/C26H27F2N3O11/c1-10-4-5-40-15-9-30-8-13(23(36)29-7-11-2-3-12(27)6-14(11)28)17(32)21(16(30)24(37)31(10)15)41-26-20(35)18(33)19(34)22(42-26)25(38)39/h2-3,6,8,10,15,18-20,22,26,33-35H,4-5,7,9H2,1H3,(H,29,36)(H,38,39)/t10-,15+,18+,19+,20-,22+,26-/m1/s1. The molecule has 16 heteroatoms. The van der Waals surface area contributed by atoms with Crippen molar-refractivity contribution in [3.05, 3.63) is 63.1 Å². The van der Waals surface area contributed by atoms with Gasteiger partial charge in [0.25, 0.3) is 11.8 Å². The van der Waals surface area contributed by atoms with Gasteiger partial charge in [0, 0.05) is 30.4 Å². The molecule has 0 radical (unpaired) electrons. The molecule has 2 saturated heterocycles. The number of aliphatic carboxylic acids is 1. The minimum absolute atomic E-state index is 0.0535. The number of fused-ring (bicyclic) bond motifs is 2. The van der Waals surface area contributed by atoms with Crippen molar-refractivity contribution < 1.29 is 57.8 Å². The van der Waals surface area contributed by atoms with E-state index in [0.29, 0.717) is 19.1 Å². The summed E-state index contributed by atoms with van der Waals surface area (Å²) in [6.45, 7) is 1.61. The number of pyridine rings is 1. The second-order valence-corrected chi connectivity index (χ2v) is 10.1. The summed E-state index contributed by atoms with van der Waals surface area (Å²) < 4.78 is 45.0. The third-order valence-electron chi connectivity index (χ3n) is 7.41. The highest BCUT2D eigenvalue weighted by atomic mass is 19.1. The first-order valence-electron chi connectivity index (χ1n) is 12.9. The molecule has 4 heterocycles. The third-order valence-corrected chi connectivity index (χ3v) is 7.41. The van der Waals surface area contributed by atoms with E-state index in [2.05, 4.69) is 5.32 Å². The van der Waals surface area contributed by atoms with Crippen LogP contribution in [0, 0.1) is 11.6 Å². The summed E-state index contributed by atoms with van der Waals surface area (Å²) in [5.41, 5.74) is -2.19. The molecule has 1 aromatic heterocycles. The van der Waals surface area contributed by atoms with Crippen LogP contribution in [0.2, 0.25) is 0 Å². The van der Waals surface area contributed by atoms with Gasteiger partial charge in [-0.3, -0.25) is 14.4 Å². The molecule has 2 fully saturated rings. The molecule has 42 heavy (non-hydrogen) atoms. The second kappa shape index (κ2) is 11.4. The van der Waals surface area contributed by atoms with Crippen molar-refractivity contribution in [2.45, 2.75) is 69.4 Å². The van der Waals surface area contributed by atoms with Crippen molar-refractivity contribution in [3.63, 3.8) is 0 Å². The third kappa shape index (κ3) is 5.22. The number of rotatable bonds is 6. The van der Waals surface area contributed by atoms with Crippen LogP contribution in [-0.4, -0.2) is 97.3 Å². The molecule has 3 aliphatic heterocycles. The second-order valence-electron chi connectivity index (χ2n) is 10.1. The van der Waals surface area contributed by atoms with E-state index in [4.69, 9.17) is 14.2 Å². The molecule has 5 rings (SSSR count). The SMILES string of the molecule is C[C@@H]1CCO[C@H]2Cn3cc(C(=O)NCc4ccc(F)cc4F)c(=O)c(O[C@@H]4O[C@H](C(=O)O)[C@@H](O)[C@H](O)[C@H]4O)c3C(=O)N12. The molecule has 2 aromatic rings. The highest BCUT2D eigenvalue weighted by Gasteiger charge is 2.49. The Bertz CT molecular complexity index is 1480. The van der Waals surface area contributed by atoms with E-state index < -0.39 is 89.6 Å². The Hall–Kier alpha value is -3.96. The molecule has 0 aliphatic carbocycles. The summed E-state index contributed by atoms with van der Waals surface area (Å²) in [5.74, 6) is -6.03. The number of carboxylic acid groups (broad SMARTS) is 1. The van der Waals surface area contributed by atoms with Crippen LogP contribution in [0.1, 0.15) is 39.8 Å². The molecule has 0 unspecified atom stereocenters. The number of ether oxygens (including phenoxy) is 3. The monoisotopic (exact) mass is 595 g/mol. The number of aliphatic hydroxyl groups is 3. The fourth-order valence-electron chi connectivity index (χ4n) is 5.12. The van der Waals surface area contributed by atoms with Gasteiger partial charge in [-0.1, -0.05) is 6.07 Å². The quantitative estimate of drug-likeness (QED) is 0.272. The number of benzene rings is 1. The first kappa shape index (κ1) is 29.5. The minimum Gasteiger partial charge on any atom is -0.479 e. The molecule has 2 amide bonds. The lowest BCUT2D eigenvalue weighted by Crippen LogP contribution is -2.61. The topological polar surface area (TPSA) is 197 Å². The van der Waals surface area contributed by atoms with Crippen molar-refractivity contribution in [3.8, 4) is 5.75 Å². The van der Waals surface area contributed by atoms with Gasteiger partial charge in [-0.15, -0.1) is 0 Å². The number of carbonyl (C=O) groups excluding carboxylic acids is 2. The fraction of sp³-hybridized carbons (Fsp3) is 0.462. The summed E-state index contributed by atoms with van der Waals surface area (Å²) in [4.78, 5) is 53.4. The summed E-state index contributed by atoms with van der Waals surface area (Å²) in [7, 11) is 0. The average Bonchev–Trinajstić information content (AvgIpc) is 2.93. The van der Waals surface area contributed by atoms with Gasteiger partial charge in [0.2, 0.25) is 11.7 Å². The van der Waals surface area contributed by atoms with E-state index >= 15 is 0 Å². The zero-order valence-corrected chi connectivity index (χ0v) is 22.0. The highest BCUT2D eigenvalue weighted by Crippen LogP contribution is 2.32. The van der Waals surface area contributed by atoms with E-state index in [-0.39, 0.29) is 23.8 Å². The number of aromatic nitrogens is 1. The lowest BCUT2D eigenvalue weighted by Gasteiger charge is -2.44. The van der Waals surface area contributed by atoms with Gasteiger partial charge < -0.3 is 49.4 Å². The van der Waals surface area contributed by atoms with Crippen LogP contribution < -0.4 is 15.5 Å². The van der Waals surface area contributed by atoms with Gasteiger partial charge in [-0.25, -0.2) is 13.6 Å². The Morgan fingerprint density at radius 3 is 2.57 bits per heavy atom. The molecule has 0 saturated carbocycles. The van der Waals surface area contributed by atoms with E-state index in [1.54, 1.807) is 6.92 Å². The number of nitrogens with one attached hydrogen (secondary N) is 1. The number of aliphatic hydroxyl groups excluding tert-OH is 3. The summed E-state index contributed by atoms with van der Waals surface area (Å²) >= 11 is 0. The number of halogens is 2. The zero-order valence-electron chi connectivity index (χ0n) is 22.0. The van der Waals surface area contributed by atoms with Crippen LogP contribution in [-0.2, 0) is 27.4 Å².